The monoisotopic (exact) mass is 313 g/mol. The Balaban J connectivity index is 1.79. The Morgan fingerprint density at radius 1 is 1.35 bits per heavy atom. The maximum absolute atomic E-state index is 12.3. The van der Waals surface area contributed by atoms with Crippen molar-refractivity contribution >= 4 is 29.6 Å². The molecule has 2 heterocycles. The number of carboxylic acids is 1. The lowest BCUT2D eigenvalue weighted by atomic mass is 10.1. The largest absolute Gasteiger partial charge is 0.497 e. The van der Waals surface area contributed by atoms with E-state index in [1.54, 1.807) is 13.3 Å². The molecule has 2 aliphatic heterocycles. The molecular formula is C16H15N3O4. The van der Waals surface area contributed by atoms with Crippen LogP contribution >= 0.6 is 0 Å². The van der Waals surface area contributed by atoms with E-state index in [4.69, 9.17) is 9.84 Å². The Kier molecular flexibility index (Phi) is 3.92. The molecule has 3 rings (SSSR count). The lowest BCUT2D eigenvalue weighted by Crippen LogP contribution is -2.33. The van der Waals surface area contributed by atoms with Crippen LogP contribution < -0.4 is 4.74 Å². The normalized spacial score (nSPS) is 19.3. The van der Waals surface area contributed by atoms with Gasteiger partial charge in [-0.3, -0.25) is 24.5 Å². The van der Waals surface area contributed by atoms with Crippen molar-refractivity contribution in [2.45, 2.75) is 18.9 Å². The number of methoxy groups -OCH3 is 1. The topological polar surface area (TPSA) is 91.6 Å². The van der Waals surface area contributed by atoms with E-state index in [2.05, 4.69) is 9.98 Å². The summed E-state index contributed by atoms with van der Waals surface area (Å²) in [5, 5.41) is 8.73. The standard InChI is InChI=1S/C16H15N3O4/c1-23-11-4-2-10(3-5-11)13-9-19-14(8-17-13)18-12(16(19)22)6-7-15(20)21/h2-5,8-9,12H,6-7H2,1H3,(H,20,21). The number of amides is 1. The third kappa shape index (κ3) is 2.98. The van der Waals surface area contributed by atoms with Gasteiger partial charge in [0.15, 0.2) is 5.84 Å². The summed E-state index contributed by atoms with van der Waals surface area (Å²) in [6.45, 7) is 0. The van der Waals surface area contributed by atoms with Crippen molar-refractivity contribution in [1.29, 1.82) is 0 Å². The average molecular weight is 313 g/mol. The van der Waals surface area contributed by atoms with Gasteiger partial charge < -0.3 is 9.84 Å². The van der Waals surface area contributed by atoms with Gasteiger partial charge in [0.05, 0.1) is 19.0 Å². The Morgan fingerprint density at radius 2 is 2.09 bits per heavy atom. The number of nitrogens with zero attached hydrogens (tertiary/aromatic N) is 3. The highest BCUT2D eigenvalue weighted by molar-refractivity contribution is 6.37. The molecule has 1 amide bonds. The molecule has 1 aromatic rings. The molecule has 0 radical (unpaired) electrons. The summed E-state index contributed by atoms with van der Waals surface area (Å²) in [7, 11) is 1.59. The molecule has 2 aliphatic rings. The van der Waals surface area contributed by atoms with E-state index in [0.717, 1.165) is 11.3 Å². The lowest BCUT2D eigenvalue weighted by Gasteiger charge is -2.17. The van der Waals surface area contributed by atoms with Gasteiger partial charge in [-0.1, -0.05) is 0 Å². The van der Waals surface area contributed by atoms with Crippen LogP contribution in [0.3, 0.4) is 0 Å². The number of hydrogen-bond donors (Lipinski definition) is 1. The van der Waals surface area contributed by atoms with Crippen LogP contribution in [0.1, 0.15) is 18.4 Å². The molecule has 1 unspecified atom stereocenters. The fourth-order valence-electron chi connectivity index (χ4n) is 2.42. The number of hydrogen-bond acceptors (Lipinski definition) is 5. The zero-order valence-corrected chi connectivity index (χ0v) is 12.5. The number of carbonyl (C=O) groups excluding carboxylic acids is 1. The van der Waals surface area contributed by atoms with Crippen LogP contribution in [0, 0.1) is 0 Å². The van der Waals surface area contributed by atoms with Gasteiger partial charge in [0.25, 0.3) is 5.91 Å². The molecule has 0 bridgehead atoms. The SMILES string of the molecule is COc1ccc(C2=CN3C(=O)C(CCC(=O)O)N=C3C=N2)cc1. The summed E-state index contributed by atoms with van der Waals surface area (Å²) in [6.07, 6.45) is 3.25. The highest BCUT2D eigenvalue weighted by Crippen LogP contribution is 2.25. The summed E-state index contributed by atoms with van der Waals surface area (Å²) < 4.78 is 5.11. The van der Waals surface area contributed by atoms with E-state index in [-0.39, 0.29) is 18.7 Å². The predicted molar refractivity (Wildman–Crippen MR) is 84.4 cm³/mol. The second-order valence-corrected chi connectivity index (χ2v) is 5.14. The van der Waals surface area contributed by atoms with Gasteiger partial charge in [-0.05, 0) is 30.7 Å². The van der Waals surface area contributed by atoms with E-state index < -0.39 is 12.0 Å². The molecule has 0 aliphatic carbocycles. The molecule has 0 spiro atoms. The number of amidine groups is 1. The van der Waals surface area contributed by atoms with Gasteiger partial charge in [-0.2, -0.15) is 0 Å². The molecule has 0 saturated carbocycles. The summed E-state index contributed by atoms with van der Waals surface area (Å²) in [4.78, 5) is 32.9. The number of aliphatic imine (C=N–C) groups is 2. The molecule has 1 aromatic carbocycles. The van der Waals surface area contributed by atoms with E-state index in [1.807, 2.05) is 24.3 Å². The highest BCUT2D eigenvalue weighted by atomic mass is 16.5. The van der Waals surface area contributed by atoms with Crippen LogP contribution in [0.5, 0.6) is 5.75 Å². The molecule has 0 saturated heterocycles. The molecule has 118 valence electrons. The van der Waals surface area contributed by atoms with Crippen molar-refractivity contribution in [3.05, 3.63) is 36.0 Å². The molecule has 23 heavy (non-hydrogen) atoms. The van der Waals surface area contributed by atoms with Crippen LogP contribution in [0.4, 0.5) is 0 Å². The minimum absolute atomic E-state index is 0.0901. The van der Waals surface area contributed by atoms with Gasteiger partial charge in [-0.25, -0.2) is 0 Å². The molecule has 7 nitrogen and oxygen atoms in total. The second-order valence-electron chi connectivity index (χ2n) is 5.14. The third-order valence-electron chi connectivity index (χ3n) is 3.65. The maximum atomic E-state index is 12.3. The zero-order chi connectivity index (χ0) is 16.4. The summed E-state index contributed by atoms with van der Waals surface area (Å²) in [5.41, 5.74) is 1.49. The van der Waals surface area contributed by atoms with Crippen molar-refractivity contribution in [3.8, 4) is 5.75 Å². The Morgan fingerprint density at radius 3 is 2.74 bits per heavy atom. The quantitative estimate of drug-likeness (QED) is 0.893. The average Bonchev–Trinajstić information content (AvgIpc) is 2.89. The van der Waals surface area contributed by atoms with Gasteiger partial charge >= 0.3 is 5.97 Å². The van der Waals surface area contributed by atoms with Crippen molar-refractivity contribution in [1.82, 2.24) is 4.90 Å². The summed E-state index contributed by atoms with van der Waals surface area (Å²) in [5.74, 6) is 0.0226. The number of ether oxygens (including phenoxy) is 1. The third-order valence-corrected chi connectivity index (χ3v) is 3.65. The fraction of sp³-hybridized carbons (Fsp3) is 0.250. The first-order chi connectivity index (χ1) is 11.1. The number of aliphatic carboxylic acids is 1. The first kappa shape index (κ1) is 15.0. The summed E-state index contributed by atoms with van der Waals surface area (Å²) in [6, 6.07) is 6.69. The van der Waals surface area contributed by atoms with Crippen molar-refractivity contribution in [3.63, 3.8) is 0 Å². The number of carboxylic acid groups (broad SMARTS) is 1. The number of carbonyl (C=O) groups is 2. The highest BCUT2D eigenvalue weighted by Gasteiger charge is 2.34. The van der Waals surface area contributed by atoms with E-state index in [0.29, 0.717) is 11.5 Å². The van der Waals surface area contributed by atoms with E-state index >= 15 is 0 Å². The Labute approximate surface area is 132 Å². The molecule has 0 fully saturated rings. The smallest absolute Gasteiger partial charge is 0.303 e. The minimum Gasteiger partial charge on any atom is -0.497 e. The van der Waals surface area contributed by atoms with Gasteiger partial charge in [0.2, 0.25) is 0 Å². The van der Waals surface area contributed by atoms with Crippen molar-refractivity contribution in [2.24, 2.45) is 9.98 Å². The minimum atomic E-state index is -0.939. The van der Waals surface area contributed by atoms with Crippen LogP contribution in [0.25, 0.3) is 5.70 Å². The zero-order valence-electron chi connectivity index (χ0n) is 12.5. The number of fused-ring (bicyclic) bond motifs is 1. The first-order valence-electron chi connectivity index (χ1n) is 7.11. The molecule has 1 N–H and O–H groups in total. The van der Waals surface area contributed by atoms with Crippen molar-refractivity contribution < 1.29 is 19.4 Å². The van der Waals surface area contributed by atoms with Gasteiger partial charge in [-0.15, -0.1) is 0 Å². The molecule has 1 atom stereocenters. The molecular weight excluding hydrogens is 298 g/mol. The Bertz CT molecular complexity index is 734. The lowest BCUT2D eigenvalue weighted by molar-refractivity contribution is -0.137. The molecule has 0 aromatic heterocycles. The van der Waals surface area contributed by atoms with Gasteiger partial charge in [0, 0.05) is 18.2 Å². The van der Waals surface area contributed by atoms with E-state index in [1.165, 1.54) is 11.1 Å². The van der Waals surface area contributed by atoms with Crippen LogP contribution in [-0.2, 0) is 9.59 Å². The van der Waals surface area contributed by atoms with Crippen molar-refractivity contribution in [2.75, 3.05) is 7.11 Å². The van der Waals surface area contributed by atoms with Crippen LogP contribution in [0.15, 0.2) is 40.5 Å². The number of benzene rings is 1. The Hall–Kier alpha value is -2.96. The van der Waals surface area contributed by atoms with E-state index in [9.17, 15) is 9.59 Å². The van der Waals surface area contributed by atoms with Crippen LogP contribution in [0.2, 0.25) is 0 Å². The summed E-state index contributed by atoms with van der Waals surface area (Å²) >= 11 is 0. The predicted octanol–water partition coefficient (Wildman–Crippen LogP) is 1.55. The number of rotatable bonds is 5. The second kappa shape index (κ2) is 6.04. The van der Waals surface area contributed by atoms with Gasteiger partial charge in [0.1, 0.15) is 11.8 Å². The first-order valence-corrected chi connectivity index (χ1v) is 7.11. The van der Waals surface area contributed by atoms with Crippen LogP contribution in [-0.4, -0.2) is 47.1 Å². The fourth-order valence-corrected chi connectivity index (χ4v) is 2.42. The maximum Gasteiger partial charge on any atom is 0.303 e. The molecule has 7 heteroatoms.